The highest BCUT2D eigenvalue weighted by atomic mass is 32.2. The molecule has 0 atom stereocenters. The standard InChI is InChI=1S/C9H16N4O4S/c1-3-4-13(6-8(14)17-2)18(15,16)7-5-11-12-9(7)10/h5H,3-4,6H2,1-2H3,(H3,10,11,12). The molecule has 0 spiro atoms. The van der Waals surface area contributed by atoms with Crippen LogP contribution in [0, 0.1) is 0 Å². The normalized spacial score (nSPS) is 11.7. The number of nitrogens with two attached hydrogens (primary N) is 1. The Kier molecular flexibility index (Phi) is 4.68. The second kappa shape index (κ2) is 5.83. The summed E-state index contributed by atoms with van der Waals surface area (Å²) in [5.74, 6) is -0.685. The van der Waals surface area contributed by atoms with Gasteiger partial charge in [-0.1, -0.05) is 6.92 Å². The third-order valence-electron chi connectivity index (χ3n) is 2.26. The lowest BCUT2D eigenvalue weighted by Gasteiger charge is -2.19. The van der Waals surface area contributed by atoms with Gasteiger partial charge in [0.2, 0.25) is 10.0 Å². The van der Waals surface area contributed by atoms with Crippen LogP contribution in [0.5, 0.6) is 0 Å². The molecule has 0 aliphatic heterocycles. The molecular formula is C9H16N4O4S. The number of nitrogen functional groups attached to an aromatic ring is 1. The summed E-state index contributed by atoms with van der Waals surface area (Å²) in [6.07, 6.45) is 1.68. The first-order valence-corrected chi connectivity index (χ1v) is 6.73. The van der Waals surface area contributed by atoms with Gasteiger partial charge in [-0.3, -0.25) is 9.89 Å². The molecular weight excluding hydrogens is 260 g/mol. The number of aromatic nitrogens is 2. The van der Waals surface area contributed by atoms with E-state index < -0.39 is 16.0 Å². The molecule has 8 nitrogen and oxygen atoms in total. The molecule has 1 heterocycles. The van der Waals surface area contributed by atoms with Crippen molar-refractivity contribution in [3.8, 4) is 0 Å². The van der Waals surface area contributed by atoms with Crippen molar-refractivity contribution >= 4 is 21.8 Å². The maximum absolute atomic E-state index is 12.2. The van der Waals surface area contributed by atoms with Gasteiger partial charge in [-0.05, 0) is 6.42 Å². The van der Waals surface area contributed by atoms with Crippen LogP contribution in [0.1, 0.15) is 13.3 Å². The number of nitrogens with one attached hydrogen (secondary N) is 1. The summed E-state index contributed by atoms with van der Waals surface area (Å²) in [5.41, 5.74) is 5.48. The number of anilines is 1. The predicted octanol–water partition coefficient (Wildman–Crippen LogP) is -0.434. The minimum Gasteiger partial charge on any atom is -0.468 e. The molecule has 1 aromatic heterocycles. The fourth-order valence-electron chi connectivity index (χ4n) is 1.37. The van der Waals surface area contributed by atoms with Crippen LogP contribution < -0.4 is 5.73 Å². The number of carbonyl (C=O) groups excluding carboxylic acids is 1. The van der Waals surface area contributed by atoms with Gasteiger partial charge in [0.1, 0.15) is 17.3 Å². The summed E-state index contributed by atoms with van der Waals surface area (Å²) < 4.78 is 30.0. The van der Waals surface area contributed by atoms with Crippen LogP contribution in [0.4, 0.5) is 5.82 Å². The monoisotopic (exact) mass is 276 g/mol. The van der Waals surface area contributed by atoms with Crippen molar-refractivity contribution in [2.75, 3.05) is 25.9 Å². The van der Waals surface area contributed by atoms with Crippen LogP contribution in [0.3, 0.4) is 0 Å². The molecule has 1 aromatic rings. The van der Waals surface area contributed by atoms with Gasteiger partial charge in [-0.2, -0.15) is 9.40 Å². The van der Waals surface area contributed by atoms with Crippen LogP contribution >= 0.6 is 0 Å². The van der Waals surface area contributed by atoms with E-state index >= 15 is 0 Å². The summed E-state index contributed by atoms with van der Waals surface area (Å²) in [6, 6.07) is 0. The molecule has 0 aliphatic rings. The predicted molar refractivity (Wildman–Crippen MR) is 64.1 cm³/mol. The zero-order valence-electron chi connectivity index (χ0n) is 10.2. The number of sulfonamides is 1. The van der Waals surface area contributed by atoms with Crippen LogP contribution in [-0.4, -0.2) is 49.1 Å². The molecule has 0 amide bonds. The van der Waals surface area contributed by atoms with Crippen LogP contribution in [0.25, 0.3) is 0 Å². The summed E-state index contributed by atoms with van der Waals surface area (Å²) >= 11 is 0. The topological polar surface area (TPSA) is 118 Å². The van der Waals surface area contributed by atoms with Crippen molar-refractivity contribution in [2.45, 2.75) is 18.2 Å². The fraction of sp³-hybridized carbons (Fsp3) is 0.556. The van der Waals surface area contributed by atoms with Gasteiger partial charge >= 0.3 is 5.97 Å². The maximum Gasteiger partial charge on any atom is 0.321 e. The van der Waals surface area contributed by atoms with Gasteiger partial charge in [-0.25, -0.2) is 8.42 Å². The first-order chi connectivity index (χ1) is 8.43. The summed E-state index contributed by atoms with van der Waals surface area (Å²) in [5, 5.41) is 5.90. The molecule has 0 radical (unpaired) electrons. The molecule has 3 N–H and O–H groups in total. The average molecular weight is 276 g/mol. The number of aromatic amines is 1. The van der Waals surface area contributed by atoms with E-state index in [9.17, 15) is 13.2 Å². The highest BCUT2D eigenvalue weighted by Gasteiger charge is 2.29. The number of nitrogens with zero attached hydrogens (tertiary/aromatic N) is 2. The zero-order chi connectivity index (χ0) is 13.8. The number of H-pyrrole nitrogens is 1. The van der Waals surface area contributed by atoms with Gasteiger partial charge in [0.15, 0.2) is 0 Å². The van der Waals surface area contributed by atoms with E-state index in [1.165, 1.54) is 7.11 Å². The van der Waals surface area contributed by atoms with E-state index in [0.29, 0.717) is 6.42 Å². The average Bonchev–Trinajstić information content (AvgIpc) is 2.75. The Morgan fingerprint density at radius 2 is 2.28 bits per heavy atom. The van der Waals surface area contributed by atoms with Crippen molar-refractivity contribution in [3.63, 3.8) is 0 Å². The Labute approximate surface area is 105 Å². The Balaban J connectivity index is 3.05. The Morgan fingerprint density at radius 3 is 2.72 bits per heavy atom. The van der Waals surface area contributed by atoms with Gasteiger partial charge < -0.3 is 10.5 Å². The molecule has 0 saturated heterocycles. The minimum atomic E-state index is -3.84. The van der Waals surface area contributed by atoms with E-state index in [2.05, 4.69) is 14.9 Å². The van der Waals surface area contributed by atoms with E-state index in [-0.39, 0.29) is 23.8 Å². The Morgan fingerprint density at radius 1 is 1.61 bits per heavy atom. The summed E-state index contributed by atoms with van der Waals surface area (Å²) in [7, 11) is -2.64. The molecule has 0 bridgehead atoms. The molecule has 18 heavy (non-hydrogen) atoms. The Bertz CT molecular complexity index is 510. The quantitative estimate of drug-likeness (QED) is 0.680. The number of carbonyl (C=O) groups is 1. The molecule has 0 aliphatic carbocycles. The maximum atomic E-state index is 12.2. The highest BCUT2D eigenvalue weighted by molar-refractivity contribution is 7.89. The van der Waals surface area contributed by atoms with E-state index in [1.54, 1.807) is 6.92 Å². The van der Waals surface area contributed by atoms with Crippen molar-refractivity contribution in [2.24, 2.45) is 0 Å². The van der Waals surface area contributed by atoms with Crippen molar-refractivity contribution in [1.82, 2.24) is 14.5 Å². The second-order valence-corrected chi connectivity index (χ2v) is 5.47. The first-order valence-electron chi connectivity index (χ1n) is 5.29. The van der Waals surface area contributed by atoms with Crippen LogP contribution in [0.15, 0.2) is 11.1 Å². The Hall–Kier alpha value is -1.61. The van der Waals surface area contributed by atoms with Gasteiger partial charge in [-0.15, -0.1) is 0 Å². The largest absolute Gasteiger partial charge is 0.468 e. The summed E-state index contributed by atoms with van der Waals surface area (Å²) in [4.78, 5) is 11.1. The van der Waals surface area contributed by atoms with Gasteiger partial charge in [0.25, 0.3) is 0 Å². The third-order valence-corrected chi connectivity index (χ3v) is 4.13. The third kappa shape index (κ3) is 2.99. The number of rotatable bonds is 6. The number of methoxy groups -OCH3 is 1. The zero-order valence-corrected chi connectivity index (χ0v) is 11.0. The summed E-state index contributed by atoms with van der Waals surface area (Å²) in [6.45, 7) is 1.65. The van der Waals surface area contributed by atoms with Crippen molar-refractivity contribution in [1.29, 1.82) is 0 Å². The fourth-order valence-corrected chi connectivity index (χ4v) is 2.86. The second-order valence-electron chi connectivity index (χ2n) is 3.56. The number of hydrogen-bond acceptors (Lipinski definition) is 6. The first kappa shape index (κ1) is 14.5. The van der Waals surface area contributed by atoms with E-state index in [1.807, 2.05) is 0 Å². The van der Waals surface area contributed by atoms with Crippen molar-refractivity contribution < 1.29 is 17.9 Å². The molecule has 9 heteroatoms. The molecule has 1 rings (SSSR count). The molecule has 0 aromatic carbocycles. The molecule has 0 unspecified atom stereocenters. The van der Waals surface area contributed by atoms with E-state index in [4.69, 9.17) is 5.73 Å². The number of hydrogen-bond donors (Lipinski definition) is 2. The lowest BCUT2D eigenvalue weighted by molar-refractivity contribution is -0.140. The van der Waals surface area contributed by atoms with Gasteiger partial charge in [0.05, 0.1) is 13.3 Å². The number of esters is 1. The lowest BCUT2D eigenvalue weighted by Crippen LogP contribution is -2.36. The SMILES string of the molecule is CCCN(CC(=O)OC)S(=O)(=O)c1cn[nH]c1N. The molecule has 0 saturated carbocycles. The van der Waals surface area contributed by atoms with Crippen LogP contribution in [0.2, 0.25) is 0 Å². The number of ether oxygens (including phenoxy) is 1. The minimum absolute atomic E-state index is 0.0547. The molecule has 102 valence electrons. The lowest BCUT2D eigenvalue weighted by atomic mass is 10.5. The van der Waals surface area contributed by atoms with Crippen LogP contribution in [-0.2, 0) is 19.6 Å². The smallest absolute Gasteiger partial charge is 0.321 e. The van der Waals surface area contributed by atoms with Gasteiger partial charge in [0, 0.05) is 6.54 Å². The van der Waals surface area contributed by atoms with E-state index in [0.717, 1.165) is 10.5 Å². The van der Waals surface area contributed by atoms with Crippen molar-refractivity contribution in [3.05, 3.63) is 6.20 Å². The molecule has 0 fully saturated rings. The highest BCUT2D eigenvalue weighted by Crippen LogP contribution is 2.19.